The second-order valence-corrected chi connectivity index (χ2v) is 8.27. The Balaban J connectivity index is 2.95. The van der Waals surface area contributed by atoms with E-state index >= 15 is 0 Å². The van der Waals surface area contributed by atoms with Gasteiger partial charge in [-0.2, -0.15) is 52.7 Å². The van der Waals surface area contributed by atoms with Crippen molar-refractivity contribution in [1.82, 2.24) is 0 Å². The summed E-state index contributed by atoms with van der Waals surface area (Å²) < 4.78 is 166. The summed E-state index contributed by atoms with van der Waals surface area (Å²) in [5.41, 5.74) is -9.56. The summed E-state index contributed by atoms with van der Waals surface area (Å²) in [5, 5.41) is 9.25. The van der Waals surface area contributed by atoms with Crippen LogP contribution in [-0.2, 0) is 9.47 Å². The number of alkyl halides is 12. The maximum Gasteiger partial charge on any atom is 0.426 e. The third-order valence-corrected chi connectivity index (χ3v) is 5.79. The third kappa shape index (κ3) is 6.38. The first kappa shape index (κ1) is 30.1. The second-order valence-electron chi connectivity index (χ2n) is 8.27. The molecule has 15 heteroatoms. The summed E-state index contributed by atoms with van der Waals surface area (Å²) in [6.45, 7) is 1.06. The highest BCUT2D eigenvalue weighted by Gasteiger charge is 2.72. The predicted octanol–water partition coefficient (Wildman–Crippen LogP) is 6.69. The lowest BCUT2D eigenvalue weighted by atomic mass is 9.89. The molecule has 1 aliphatic rings. The molecule has 3 nitrogen and oxygen atoms in total. The van der Waals surface area contributed by atoms with Crippen LogP contribution in [0.1, 0.15) is 52.4 Å². The van der Waals surface area contributed by atoms with Crippen molar-refractivity contribution in [3.63, 3.8) is 0 Å². The van der Waals surface area contributed by atoms with E-state index in [-0.39, 0.29) is 18.8 Å². The molecule has 1 fully saturated rings. The van der Waals surface area contributed by atoms with Crippen LogP contribution in [-0.4, -0.2) is 53.9 Å². The zero-order chi connectivity index (χ0) is 26.1. The maximum atomic E-state index is 13.2. The zero-order valence-corrected chi connectivity index (χ0v) is 17.5. The lowest BCUT2D eigenvalue weighted by Gasteiger charge is -2.37. The van der Waals surface area contributed by atoms with E-state index in [1.165, 1.54) is 6.92 Å². The normalized spacial score (nSPS) is 23.9. The Kier molecular flexibility index (Phi) is 9.07. The van der Waals surface area contributed by atoms with Crippen molar-refractivity contribution >= 4 is 0 Å². The molecule has 1 aliphatic carbocycles. The Labute approximate surface area is 181 Å². The summed E-state index contributed by atoms with van der Waals surface area (Å²) in [6.07, 6.45) is -29.8. The van der Waals surface area contributed by atoms with E-state index in [1.54, 1.807) is 0 Å². The second kappa shape index (κ2) is 9.96. The highest BCUT2D eigenvalue weighted by atomic mass is 19.4. The van der Waals surface area contributed by atoms with E-state index in [4.69, 9.17) is 4.74 Å². The third-order valence-electron chi connectivity index (χ3n) is 5.79. The minimum Gasteiger partial charge on any atom is -0.374 e. The van der Waals surface area contributed by atoms with E-state index in [0.717, 1.165) is 6.92 Å². The number of ether oxygens (including phenoxy) is 2. The van der Waals surface area contributed by atoms with Crippen molar-refractivity contribution in [2.75, 3.05) is 6.79 Å². The summed E-state index contributed by atoms with van der Waals surface area (Å²) in [6, 6.07) is 0. The van der Waals surface area contributed by atoms with Crippen molar-refractivity contribution in [3.05, 3.63) is 0 Å². The van der Waals surface area contributed by atoms with Gasteiger partial charge in [-0.25, -0.2) is 0 Å². The van der Waals surface area contributed by atoms with Gasteiger partial charge in [0.25, 0.3) is 11.2 Å². The molecule has 3 atom stereocenters. The highest BCUT2D eigenvalue weighted by molar-refractivity contribution is 4.97. The Morgan fingerprint density at radius 1 is 0.758 bits per heavy atom. The maximum absolute atomic E-state index is 13.2. The van der Waals surface area contributed by atoms with Gasteiger partial charge in [-0.1, -0.05) is 20.3 Å². The average molecular weight is 516 g/mol. The monoisotopic (exact) mass is 516 g/mol. The van der Waals surface area contributed by atoms with Crippen LogP contribution in [0.4, 0.5) is 52.7 Å². The summed E-state index contributed by atoms with van der Waals surface area (Å²) in [5.74, 6) is -1.44. The van der Waals surface area contributed by atoms with Gasteiger partial charge in [-0.15, -0.1) is 0 Å². The van der Waals surface area contributed by atoms with Crippen LogP contribution < -0.4 is 0 Å². The fraction of sp³-hybridized carbons (Fsp3) is 1.00. The molecule has 0 aliphatic heterocycles. The van der Waals surface area contributed by atoms with Crippen LogP contribution in [0, 0.1) is 11.8 Å². The van der Waals surface area contributed by atoms with Gasteiger partial charge in [0, 0.05) is 0 Å². The van der Waals surface area contributed by atoms with Crippen LogP contribution in [0.3, 0.4) is 0 Å². The number of hydrogen-bond donors (Lipinski definition) is 1. The van der Waals surface area contributed by atoms with Crippen molar-refractivity contribution in [3.8, 4) is 0 Å². The fourth-order valence-corrected chi connectivity index (χ4v) is 3.95. The molecule has 0 heterocycles. The molecule has 0 bridgehead atoms. The molecule has 1 rings (SSSR count). The molecule has 0 saturated heterocycles. The molecule has 0 aromatic carbocycles. The quantitative estimate of drug-likeness (QED) is 0.274. The van der Waals surface area contributed by atoms with Crippen LogP contribution >= 0.6 is 0 Å². The number of halogens is 12. The van der Waals surface area contributed by atoms with Crippen LogP contribution in [0.2, 0.25) is 0 Å². The standard InChI is InChI=1S/C18H24F12O3/c1-3-5-14(17(25,26)27,18(28,29)30)33-9-32-12-8-10(2)7-11(12)4-6-13(31,15(19,20)21)16(22,23)24/h10-12,31H,3-9H2,1-2H3. The van der Waals surface area contributed by atoms with Gasteiger partial charge in [0.05, 0.1) is 6.10 Å². The molecule has 0 amide bonds. The van der Waals surface area contributed by atoms with Gasteiger partial charge in [-0.3, -0.25) is 0 Å². The Morgan fingerprint density at radius 3 is 1.64 bits per heavy atom. The van der Waals surface area contributed by atoms with Gasteiger partial charge in [0.1, 0.15) is 6.79 Å². The van der Waals surface area contributed by atoms with E-state index in [9.17, 15) is 57.8 Å². The predicted molar refractivity (Wildman–Crippen MR) is 88.8 cm³/mol. The first-order valence-electron chi connectivity index (χ1n) is 9.87. The molecule has 1 N–H and O–H groups in total. The van der Waals surface area contributed by atoms with E-state index < -0.39 is 80.4 Å². The number of aliphatic hydroxyl groups is 1. The van der Waals surface area contributed by atoms with Gasteiger partial charge in [-0.05, 0) is 43.9 Å². The van der Waals surface area contributed by atoms with Gasteiger partial charge in [0.15, 0.2) is 0 Å². The van der Waals surface area contributed by atoms with Crippen molar-refractivity contribution in [2.24, 2.45) is 11.8 Å². The minimum atomic E-state index is -6.05. The number of rotatable bonds is 9. The SMILES string of the molecule is CCCC(OCOC1CC(C)CC1CCC(O)(C(F)(F)F)C(F)(F)F)(C(F)(F)F)C(F)(F)F. The van der Waals surface area contributed by atoms with Crippen molar-refractivity contribution in [2.45, 2.75) is 94.4 Å². The molecule has 0 spiro atoms. The lowest BCUT2D eigenvalue weighted by Crippen LogP contribution is -2.59. The topological polar surface area (TPSA) is 38.7 Å². The Bertz CT molecular complexity index is 595. The first-order valence-corrected chi connectivity index (χ1v) is 9.87. The molecule has 1 saturated carbocycles. The van der Waals surface area contributed by atoms with Crippen LogP contribution in [0.5, 0.6) is 0 Å². The smallest absolute Gasteiger partial charge is 0.374 e. The lowest BCUT2D eigenvalue weighted by molar-refractivity contribution is -0.397. The molecule has 0 radical (unpaired) electrons. The fourth-order valence-electron chi connectivity index (χ4n) is 3.95. The molecule has 0 aromatic heterocycles. The summed E-state index contributed by atoms with van der Waals surface area (Å²) in [4.78, 5) is 0. The molecule has 33 heavy (non-hydrogen) atoms. The van der Waals surface area contributed by atoms with Crippen LogP contribution in [0.15, 0.2) is 0 Å². The van der Waals surface area contributed by atoms with Gasteiger partial charge >= 0.3 is 24.7 Å². The van der Waals surface area contributed by atoms with E-state index in [0.29, 0.717) is 0 Å². The minimum absolute atomic E-state index is 0.00486. The Morgan fingerprint density at radius 2 is 1.24 bits per heavy atom. The molecule has 0 aromatic rings. The average Bonchev–Trinajstić information content (AvgIpc) is 2.94. The van der Waals surface area contributed by atoms with Gasteiger partial charge in [0.2, 0.25) is 0 Å². The molecular formula is C18H24F12O3. The van der Waals surface area contributed by atoms with E-state index in [2.05, 4.69) is 4.74 Å². The first-order chi connectivity index (χ1) is 14.6. The Hall–Kier alpha value is -0.960. The van der Waals surface area contributed by atoms with Crippen molar-refractivity contribution < 1.29 is 67.3 Å². The molecular weight excluding hydrogens is 492 g/mol. The van der Waals surface area contributed by atoms with Gasteiger partial charge < -0.3 is 14.6 Å². The number of hydrogen-bond acceptors (Lipinski definition) is 3. The summed E-state index contributed by atoms with van der Waals surface area (Å²) in [7, 11) is 0. The van der Waals surface area contributed by atoms with E-state index in [1.807, 2.05) is 0 Å². The summed E-state index contributed by atoms with van der Waals surface area (Å²) >= 11 is 0. The largest absolute Gasteiger partial charge is 0.426 e. The van der Waals surface area contributed by atoms with Crippen molar-refractivity contribution in [1.29, 1.82) is 0 Å². The zero-order valence-electron chi connectivity index (χ0n) is 17.5. The molecule has 3 unspecified atom stereocenters. The highest BCUT2D eigenvalue weighted by Crippen LogP contribution is 2.50. The molecule has 198 valence electrons. The van der Waals surface area contributed by atoms with Crippen LogP contribution in [0.25, 0.3) is 0 Å².